The predicted molar refractivity (Wildman–Crippen MR) is 113 cm³/mol. The van der Waals surface area contributed by atoms with Crippen molar-refractivity contribution in [1.82, 2.24) is 4.31 Å². The minimum Gasteiger partial charge on any atom is -0.494 e. The number of sulfonamides is 1. The summed E-state index contributed by atoms with van der Waals surface area (Å²) in [5.41, 5.74) is 0.123. The lowest BCUT2D eigenvalue weighted by atomic mass is 10.2. The van der Waals surface area contributed by atoms with Gasteiger partial charge in [-0.15, -0.1) is 0 Å². The van der Waals surface area contributed by atoms with Crippen LogP contribution in [0, 0.1) is 0 Å². The highest BCUT2D eigenvalue weighted by Gasteiger charge is 2.29. The minimum absolute atomic E-state index is 0.0167. The van der Waals surface area contributed by atoms with E-state index in [1.807, 2.05) is 6.92 Å². The molecule has 0 saturated carbocycles. The van der Waals surface area contributed by atoms with Gasteiger partial charge in [-0.1, -0.05) is 11.6 Å². The first kappa shape index (κ1) is 22.4. The number of hydrogen-bond acceptors (Lipinski definition) is 6. The first-order valence-corrected chi connectivity index (χ1v) is 11.6. The average molecular weight is 454 g/mol. The molecule has 1 saturated heterocycles. The molecular formula is C21H24ClNO6S. The highest BCUT2D eigenvalue weighted by Crippen LogP contribution is 2.28. The van der Waals surface area contributed by atoms with Crippen LogP contribution in [0.4, 0.5) is 0 Å². The Bertz CT molecular complexity index is 971. The predicted octanol–water partition coefficient (Wildman–Crippen LogP) is 3.76. The quantitative estimate of drug-likeness (QED) is 0.424. The van der Waals surface area contributed by atoms with Crippen molar-refractivity contribution >= 4 is 27.6 Å². The molecule has 2 aromatic rings. The van der Waals surface area contributed by atoms with Crippen LogP contribution in [-0.4, -0.2) is 51.6 Å². The Hall–Kier alpha value is -2.29. The van der Waals surface area contributed by atoms with E-state index in [-0.39, 0.29) is 28.7 Å². The lowest BCUT2D eigenvalue weighted by Crippen LogP contribution is -2.28. The molecule has 9 heteroatoms. The highest BCUT2D eigenvalue weighted by molar-refractivity contribution is 7.89. The van der Waals surface area contributed by atoms with E-state index < -0.39 is 16.0 Å². The van der Waals surface area contributed by atoms with Crippen molar-refractivity contribution in [3.05, 3.63) is 53.1 Å². The normalized spacial score (nSPS) is 14.5. The smallest absolute Gasteiger partial charge is 0.338 e. The largest absolute Gasteiger partial charge is 0.494 e. The van der Waals surface area contributed by atoms with Crippen molar-refractivity contribution in [2.45, 2.75) is 24.7 Å². The van der Waals surface area contributed by atoms with Crippen molar-refractivity contribution in [3.8, 4) is 11.5 Å². The Morgan fingerprint density at radius 1 is 1.00 bits per heavy atom. The number of hydrogen-bond donors (Lipinski definition) is 0. The molecular weight excluding hydrogens is 430 g/mol. The monoisotopic (exact) mass is 453 g/mol. The molecule has 162 valence electrons. The fourth-order valence-electron chi connectivity index (χ4n) is 3.07. The van der Waals surface area contributed by atoms with Gasteiger partial charge >= 0.3 is 5.97 Å². The second-order valence-corrected chi connectivity index (χ2v) is 8.96. The molecule has 0 spiro atoms. The van der Waals surface area contributed by atoms with Gasteiger partial charge in [0.15, 0.2) is 0 Å². The van der Waals surface area contributed by atoms with E-state index in [1.54, 1.807) is 24.3 Å². The Kier molecular flexibility index (Phi) is 7.58. The average Bonchev–Trinajstić information content (AvgIpc) is 3.28. The lowest BCUT2D eigenvalue weighted by Gasteiger charge is -2.17. The standard InChI is InChI=1S/C21H24ClNO6S/c1-2-27-17-6-8-18(9-7-17)28-13-14-29-21(24)16-5-10-19(22)20(15-16)30(25,26)23-11-3-4-12-23/h5-10,15H,2-4,11-14H2,1H3. The van der Waals surface area contributed by atoms with E-state index in [0.29, 0.717) is 25.4 Å². The third kappa shape index (κ3) is 5.44. The molecule has 1 heterocycles. The second kappa shape index (κ2) is 10.1. The van der Waals surface area contributed by atoms with Crippen LogP contribution in [0.5, 0.6) is 11.5 Å². The molecule has 0 aromatic heterocycles. The Balaban J connectivity index is 1.56. The van der Waals surface area contributed by atoms with Gasteiger partial charge in [0.05, 0.1) is 17.2 Å². The molecule has 7 nitrogen and oxygen atoms in total. The van der Waals surface area contributed by atoms with E-state index in [0.717, 1.165) is 18.6 Å². The molecule has 3 rings (SSSR count). The summed E-state index contributed by atoms with van der Waals surface area (Å²) in [6.07, 6.45) is 1.62. The van der Waals surface area contributed by atoms with Gasteiger partial charge in [0.25, 0.3) is 0 Å². The van der Waals surface area contributed by atoms with Crippen LogP contribution in [0.15, 0.2) is 47.4 Å². The van der Waals surface area contributed by atoms with Crippen LogP contribution >= 0.6 is 11.6 Å². The summed E-state index contributed by atoms with van der Waals surface area (Å²) in [4.78, 5) is 12.3. The highest BCUT2D eigenvalue weighted by atomic mass is 35.5. The first-order chi connectivity index (χ1) is 14.4. The molecule has 0 N–H and O–H groups in total. The van der Waals surface area contributed by atoms with Crippen molar-refractivity contribution in [3.63, 3.8) is 0 Å². The van der Waals surface area contributed by atoms with Crippen molar-refractivity contribution in [1.29, 1.82) is 0 Å². The van der Waals surface area contributed by atoms with E-state index in [1.165, 1.54) is 22.5 Å². The van der Waals surface area contributed by atoms with Crippen LogP contribution in [0.1, 0.15) is 30.1 Å². The Labute approximate surface area is 181 Å². The summed E-state index contributed by atoms with van der Waals surface area (Å²) in [6, 6.07) is 11.2. The number of esters is 1. The van der Waals surface area contributed by atoms with Gasteiger partial charge in [-0.25, -0.2) is 13.2 Å². The summed E-state index contributed by atoms with van der Waals surface area (Å²) >= 11 is 6.10. The zero-order chi connectivity index (χ0) is 21.6. The number of ether oxygens (including phenoxy) is 3. The number of carbonyl (C=O) groups is 1. The zero-order valence-electron chi connectivity index (χ0n) is 16.7. The van der Waals surface area contributed by atoms with Crippen molar-refractivity contribution < 1.29 is 27.4 Å². The number of nitrogens with zero attached hydrogens (tertiary/aromatic N) is 1. The van der Waals surface area contributed by atoms with Gasteiger partial charge in [0.1, 0.15) is 29.6 Å². The lowest BCUT2D eigenvalue weighted by molar-refractivity contribution is 0.0450. The van der Waals surface area contributed by atoms with Crippen molar-refractivity contribution in [2.24, 2.45) is 0 Å². The fraction of sp³-hybridized carbons (Fsp3) is 0.381. The maximum absolute atomic E-state index is 12.8. The summed E-state index contributed by atoms with van der Waals surface area (Å²) in [5.74, 6) is 0.735. The second-order valence-electron chi connectivity index (χ2n) is 6.65. The summed E-state index contributed by atoms with van der Waals surface area (Å²) in [6.45, 7) is 3.58. The van der Waals surface area contributed by atoms with Crippen LogP contribution in [0.25, 0.3) is 0 Å². The molecule has 1 fully saturated rings. The molecule has 1 aliphatic rings. The van der Waals surface area contributed by atoms with Crippen LogP contribution in [0.3, 0.4) is 0 Å². The molecule has 1 aliphatic heterocycles. The Morgan fingerprint density at radius 2 is 1.63 bits per heavy atom. The van der Waals surface area contributed by atoms with Gasteiger partial charge in [-0.3, -0.25) is 0 Å². The number of halogens is 1. The maximum atomic E-state index is 12.8. The molecule has 0 unspecified atom stereocenters. The fourth-order valence-corrected chi connectivity index (χ4v) is 5.09. The van der Waals surface area contributed by atoms with E-state index in [2.05, 4.69) is 0 Å². The number of benzene rings is 2. The van der Waals surface area contributed by atoms with Crippen LogP contribution in [-0.2, 0) is 14.8 Å². The maximum Gasteiger partial charge on any atom is 0.338 e. The Morgan fingerprint density at radius 3 is 2.27 bits per heavy atom. The van der Waals surface area contributed by atoms with Gasteiger partial charge in [-0.2, -0.15) is 4.31 Å². The summed E-state index contributed by atoms with van der Waals surface area (Å²) in [7, 11) is -3.74. The van der Waals surface area contributed by atoms with Gasteiger partial charge in [0, 0.05) is 13.1 Å². The molecule has 0 bridgehead atoms. The SMILES string of the molecule is CCOc1ccc(OCCOC(=O)c2ccc(Cl)c(S(=O)(=O)N3CCCC3)c2)cc1. The van der Waals surface area contributed by atoms with E-state index in [9.17, 15) is 13.2 Å². The third-order valence-electron chi connectivity index (χ3n) is 4.57. The van der Waals surface area contributed by atoms with Crippen LogP contribution in [0.2, 0.25) is 5.02 Å². The summed E-state index contributed by atoms with van der Waals surface area (Å²) in [5, 5.41) is 0.0808. The molecule has 0 atom stereocenters. The molecule has 0 amide bonds. The molecule has 0 radical (unpaired) electrons. The van der Waals surface area contributed by atoms with E-state index >= 15 is 0 Å². The number of rotatable bonds is 9. The third-order valence-corrected chi connectivity index (χ3v) is 6.95. The van der Waals surface area contributed by atoms with E-state index in [4.69, 9.17) is 25.8 Å². The topological polar surface area (TPSA) is 82.1 Å². The molecule has 30 heavy (non-hydrogen) atoms. The summed E-state index contributed by atoms with van der Waals surface area (Å²) < 4.78 is 43.0. The molecule has 0 aliphatic carbocycles. The van der Waals surface area contributed by atoms with Gasteiger partial charge in [-0.05, 0) is 62.2 Å². The van der Waals surface area contributed by atoms with Gasteiger partial charge in [0.2, 0.25) is 10.0 Å². The van der Waals surface area contributed by atoms with Crippen molar-refractivity contribution in [2.75, 3.05) is 32.9 Å². The number of carbonyl (C=O) groups excluding carboxylic acids is 1. The molecule has 2 aromatic carbocycles. The van der Waals surface area contributed by atoms with Gasteiger partial charge < -0.3 is 14.2 Å². The first-order valence-electron chi connectivity index (χ1n) is 9.74. The van der Waals surface area contributed by atoms with Crippen LogP contribution < -0.4 is 9.47 Å². The minimum atomic E-state index is -3.74. The zero-order valence-corrected chi connectivity index (χ0v) is 18.2.